The van der Waals surface area contributed by atoms with Crippen LogP contribution in [0.3, 0.4) is 0 Å². The number of likely N-dealkylation sites (tertiary alicyclic amines) is 1. The van der Waals surface area contributed by atoms with E-state index < -0.39 is 0 Å². The predicted molar refractivity (Wildman–Crippen MR) is 131 cm³/mol. The van der Waals surface area contributed by atoms with Gasteiger partial charge in [0.1, 0.15) is 0 Å². The molecule has 3 aromatic rings. The van der Waals surface area contributed by atoms with Crippen molar-refractivity contribution in [3.63, 3.8) is 0 Å². The number of nitrogens with one attached hydrogen (secondary N) is 1. The van der Waals surface area contributed by atoms with Crippen LogP contribution < -0.4 is 5.32 Å². The summed E-state index contributed by atoms with van der Waals surface area (Å²) in [5.74, 6) is 0. The molecule has 0 saturated carbocycles. The Labute approximate surface area is 187 Å². The van der Waals surface area contributed by atoms with E-state index in [2.05, 4.69) is 108 Å². The molecule has 0 amide bonds. The van der Waals surface area contributed by atoms with Gasteiger partial charge in [0.25, 0.3) is 0 Å². The van der Waals surface area contributed by atoms with E-state index in [-0.39, 0.29) is 0 Å². The van der Waals surface area contributed by atoms with Crippen molar-refractivity contribution in [1.29, 1.82) is 0 Å². The van der Waals surface area contributed by atoms with Crippen LogP contribution in [0.4, 0.5) is 0 Å². The third kappa shape index (κ3) is 6.27. The fourth-order valence-corrected chi connectivity index (χ4v) is 4.50. The largest absolute Gasteiger partial charge is 0.310 e. The summed E-state index contributed by atoms with van der Waals surface area (Å²) < 4.78 is 0. The van der Waals surface area contributed by atoms with Gasteiger partial charge in [-0.3, -0.25) is 4.90 Å². The van der Waals surface area contributed by atoms with Crippen LogP contribution in [0.2, 0.25) is 0 Å². The number of hydrogen-bond acceptors (Lipinski definition) is 3. The highest BCUT2D eigenvalue weighted by molar-refractivity contribution is 5.67. The predicted octanol–water partition coefficient (Wildman–Crippen LogP) is 5.17. The molecule has 0 radical (unpaired) electrons. The molecule has 3 aromatic carbocycles. The summed E-state index contributed by atoms with van der Waals surface area (Å²) in [6.45, 7) is 5.31. The third-order valence-electron chi connectivity index (χ3n) is 6.20. The summed E-state index contributed by atoms with van der Waals surface area (Å²) >= 11 is 0. The Kier molecular flexibility index (Phi) is 7.52. The van der Waals surface area contributed by atoms with Crippen LogP contribution in [0.25, 0.3) is 11.1 Å². The highest BCUT2D eigenvalue weighted by atomic mass is 15.1. The van der Waals surface area contributed by atoms with Crippen LogP contribution in [-0.2, 0) is 19.6 Å². The molecule has 3 nitrogen and oxygen atoms in total. The van der Waals surface area contributed by atoms with Gasteiger partial charge in [-0.1, -0.05) is 78.9 Å². The summed E-state index contributed by atoms with van der Waals surface area (Å²) in [5.41, 5.74) is 6.80. The van der Waals surface area contributed by atoms with Gasteiger partial charge in [-0.25, -0.2) is 0 Å². The van der Waals surface area contributed by atoms with E-state index in [1.54, 1.807) is 0 Å². The molecule has 1 N–H and O–H groups in total. The summed E-state index contributed by atoms with van der Waals surface area (Å²) in [6, 6.07) is 29.3. The maximum Gasteiger partial charge on any atom is 0.0233 e. The smallest absolute Gasteiger partial charge is 0.0233 e. The lowest BCUT2D eigenvalue weighted by Crippen LogP contribution is -2.41. The molecule has 0 spiro atoms. The summed E-state index contributed by atoms with van der Waals surface area (Å²) in [6.07, 6.45) is 2.43. The minimum absolute atomic E-state index is 0.600. The molecule has 0 aromatic heterocycles. The lowest BCUT2D eigenvalue weighted by Gasteiger charge is -2.32. The van der Waals surface area contributed by atoms with Gasteiger partial charge < -0.3 is 10.2 Å². The van der Waals surface area contributed by atoms with Crippen molar-refractivity contribution in [2.24, 2.45) is 0 Å². The molecule has 1 heterocycles. The van der Waals surface area contributed by atoms with Gasteiger partial charge >= 0.3 is 0 Å². The van der Waals surface area contributed by atoms with Crippen LogP contribution in [0.15, 0.2) is 78.9 Å². The lowest BCUT2D eigenvalue weighted by atomic mass is 9.97. The molecule has 0 atom stereocenters. The fourth-order valence-electron chi connectivity index (χ4n) is 4.50. The van der Waals surface area contributed by atoms with Crippen LogP contribution in [0, 0.1) is 0 Å². The number of nitrogens with zero attached hydrogens (tertiary/aromatic N) is 2. The first kappa shape index (κ1) is 21.8. The van der Waals surface area contributed by atoms with E-state index in [0.29, 0.717) is 6.04 Å². The van der Waals surface area contributed by atoms with Gasteiger partial charge in [0.2, 0.25) is 0 Å². The second kappa shape index (κ2) is 10.7. The molecule has 1 fully saturated rings. The zero-order valence-corrected chi connectivity index (χ0v) is 18.9. The first-order chi connectivity index (χ1) is 15.2. The molecule has 1 saturated heterocycles. The number of rotatable bonds is 8. The molecular weight excluding hydrogens is 378 g/mol. The van der Waals surface area contributed by atoms with Gasteiger partial charge in [0.15, 0.2) is 0 Å². The van der Waals surface area contributed by atoms with Crippen LogP contribution in [0.1, 0.15) is 29.5 Å². The Morgan fingerprint density at radius 1 is 0.806 bits per heavy atom. The molecular formula is C28H35N3. The Morgan fingerprint density at radius 3 is 2.19 bits per heavy atom. The molecule has 4 rings (SSSR count). The van der Waals surface area contributed by atoms with E-state index in [4.69, 9.17) is 0 Å². The zero-order chi connectivity index (χ0) is 21.5. The quantitative estimate of drug-likeness (QED) is 0.550. The highest BCUT2D eigenvalue weighted by Crippen LogP contribution is 2.25. The van der Waals surface area contributed by atoms with Gasteiger partial charge in [-0.05, 0) is 67.8 Å². The van der Waals surface area contributed by atoms with E-state index in [1.165, 1.54) is 53.7 Å². The lowest BCUT2D eigenvalue weighted by molar-refractivity contribution is 0.190. The molecule has 162 valence electrons. The van der Waals surface area contributed by atoms with Crippen LogP contribution in [0.5, 0.6) is 0 Å². The number of benzene rings is 3. The van der Waals surface area contributed by atoms with E-state index in [0.717, 1.165) is 19.6 Å². The summed E-state index contributed by atoms with van der Waals surface area (Å²) in [5, 5.41) is 3.84. The molecule has 0 bridgehead atoms. The standard InChI is InChI=1S/C28H35N3/c1-30(2)21-24-12-14-25(15-13-24)28-11-7-6-10-26(28)20-29-27-16-18-31(19-17-27)22-23-8-4-3-5-9-23/h3-15,27,29H,16-22H2,1-2H3. The van der Waals surface area contributed by atoms with Crippen LogP contribution >= 0.6 is 0 Å². The molecule has 1 aliphatic heterocycles. The van der Waals surface area contributed by atoms with Gasteiger partial charge in [0.05, 0.1) is 0 Å². The van der Waals surface area contributed by atoms with E-state index >= 15 is 0 Å². The SMILES string of the molecule is CN(C)Cc1ccc(-c2ccccc2CNC2CCN(Cc3ccccc3)CC2)cc1. The maximum atomic E-state index is 3.84. The monoisotopic (exact) mass is 413 g/mol. The average molecular weight is 414 g/mol. The van der Waals surface area contributed by atoms with Crippen molar-refractivity contribution >= 4 is 0 Å². The molecule has 1 aliphatic rings. The average Bonchev–Trinajstić information content (AvgIpc) is 2.80. The van der Waals surface area contributed by atoms with Crippen molar-refractivity contribution in [2.45, 2.75) is 38.5 Å². The number of hydrogen-bond donors (Lipinski definition) is 1. The van der Waals surface area contributed by atoms with Crippen molar-refractivity contribution in [2.75, 3.05) is 27.2 Å². The first-order valence-electron chi connectivity index (χ1n) is 11.5. The molecule has 0 unspecified atom stereocenters. The van der Waals surface area contributed by atoms with Crippen molar-refractivity contribution < 1.29 is 0 Å². The second-order valence-corrected chi connectivity index (χ2v) is 9.01. The van der Waals surface area contributed by atoms with E-state index in [9.17, 15) is 0 Å². The minimum atomic E-state index is 0.600. The summed E-state index contributed by atoms with van der Waals surface area (Å²) in [4.78, 5) is 4.79. The molecule has 31 heavy (non-hydrogen) atoms. The normalized spacial score (nSPS) is 15.5. The van der Waals surface area contributed by atoms with Gasteiger partial charge in [-0.2, -0.15) is 0 Å². The van der Waals surface area contributed by atoms with Crippen LogP contribution in [-0.4, -0.2) is 43.0 Å². The van der Waals surface area contributed by atoms with Crippen molar-refractivity contribution in [3.8, 4) is 11.1 Å². The number of piperidine rings is 1. The minimum Gasteiger partial charge on any atom is -0.310 e. The van der Waals surface area contributed by atoms with Gasteiger partial charge in [-0.15, -0.1) is 0 Å². The Morgan fingerprint density at radius 2 is 1.48 bits per heavy atom. The third-order valence-corrected chi connectivity index (χ3v) is 6.20. The zero-order valence-electron chi connectivity index (χ0n) is 18.9. The summed E-state index contributed by atoms with van der Waals surface area (Å²) in [7, 11) is 4.22. The van der Waals surface area contributed by atoms with E-state index in [1.807, 2.05) is 0 Å². The second-order valence-electron chi connectivity index (χ2n) is 9.01. The maximum absolute atomic E-state index is 3.84. The topological polar surface area (TPSA) is 18.5 Å². The Balaban J connectivity index is 1.32. The fraction of sp³-hybridized carbons (Fsp3) is 0.357. The molecule has 3 heteroatoms. The first-order valence-corrected chi connectivity index (χ1v) is 11.5. The Hall–Kier alpha value is -2.46. The van der Waals surface area contributed by atoms with Crippen molar-refractivity contribution in [1.82, 2.24) is 15.1 Å². The highest BCUT2D eigenvalue weighted by Gasteiger charge is 2.19. The van der Waals surface area contributed by atoms with Crippen molar-refractivity contribution in [3.05, 3.63) is 95.6 Å². The molecule has 0 aliphatic carbocycles. The van der Waals surface area contributed by atoms with Gasteiger partial charge in [0, 0.05) is 25.7 Å². The Bertz CT molecular complexity index is 926.